The van der Waals surface area contributed by atoms with Gasteiger partial charge in [0.1, 0.15) is 0 Å². The van der Waals surface area contributed by atoms with E-state index in [1.165, 1.54) is 0 Å². The van der Waals surface area contributed by atoms with Gasteiger partial charge in [0.25, 0.3) is 0 Å². The molecule has 0 bridgehead atoms. The largest absolute Gasteiger partial charge is 0.351 e. The average molecular weight is 238 g/mol. The van der Waals surface area contributed by atoms with Crippen molar-refractivity contribution in [2.45, 2.75) is 40.3 Å². The number of nitrogens with zero attached hydrogens (tertiary/aromatic N) is 2. The molecule has 96 valence electrons. The van der Waals surface area contributed by atoms with Crippen molar-refractivity contribution >= 4 is 5.91 Å². The van der Waals surface area contributed by atoms with Gasteiger partial charge in [-0.3, -0.25) is 9.48 Å². The molecule has 0 saturated carbocycles. The van der Waals surface area contributed by atoms with E-state index in [0.717, 1.165) is 11.3 Å². The lowest BCUT2D eigenvalue weighted by Gasteiger charge is -2.25. The summed E-state index contributed by atoms with van der Waals surface area (Å²) in [6.45, 7) is 8.30. The van der Waals surface area contributed by atoms with E-state index in [0.29, 0.717) is 6.54 Å². The molecule has 5 nitrogen and oxygen atoms in total. The van der Waals surface area contributed by atoms with Gasteiger partial charge in [-0.25, -0.2) is 0 Å². The monoisotopic (exact) mass is 238 g/mol. The second-order valence-electron chi connectivity index (χ2n) is 5.44. The van der Waals surface area contributed by atoms with Crippen molar-refractivity contribution in [1.29, 1.82) is 0 Å². The lowest BCUT2D eigenvalue weighted by Crippen LogP contribution is -2.48. The van der Waals surface area contributed by atoms with E-state index in [4.69, 9.17) is 5.73 Å². The number of amides is 1. The first kappa shape index (κ1) is 13.7. The summed E-state index contributed by atoms with van der Waals surface area (Å²) in [7, 11) is 1.88. The van der Waals surface area contributed by atoms with Crippen molar-refractivity contribution in [3.8, 4) is 0 Å². The Hall–Kier alpha value is -1.36. The molecule has 0 radical (unpaired) electrons. The Morgan fingerprint density at radius 3 is 2.59 bits per heavy atom. The van der Waals surface area contributed by atoms with Crippen LogP contribution in [0.3, 0.4) is 0 Å². The van der Waals surface area contributed by atoms with E-state index in [9.17, 15) is 4.79 Å². The minimum absolute atomic E-state index is 0.124. The van der Waals surface area contributed by atoms with Crippen LogP contribution < -0.4 is 11.1 Å². The highest BCUT2D eigenvalue weighted by atomic mass is 16.2. The first-order chi connectivity index (χ1) is 7.73. The lowest BCUT2D eigenvalue weighted by molar-refractivity contribution is -0.124. The second-order valence-corrected chi connectivity index (χ2v) is 5.44. The molecule has 1 heterocycles. The molecule has 0 aliphatic carbocycles. The Bertz CT molecular complexity index is 403. The fourth-order valence-electron chi connectivity index (χ4n) is 1.40. The molecule has 0 saturated heterocycles. The number of aryl methyl sites for hydroxylation is 1. The molecule has 1 amide bonds. The van der Waals surface area contributed by atoms with E-state index >= 15 is 0 Å². The fourth-order valence-corrected chi connectivity index (χ4v) is 1.40. The Balaban J connectivity index is 2.57. The maximum atomic E-state index is 11.8. The van der Waals surface area contributed by atoms with Gasteiger partial charge in [-0.15, -0.1) is 0 Å². The summed E-state index contributed by atoms with van der Waals surface area (Å²) in [5.74, 6) is -0.124. The summed E-state index contributed by atoms with van der Waals surface area (Å²) in [4.78, 5) is 11.8. The van der Waals surface area contributed by atoms with Crippen LogP contribution in [0.4, 0.5) is 0 Å². The fraction of sp³-hybridized carbons (Fsp3) is 0.667. The SMILES string of the molecule is Cc1c(CNC(=O)[C@H](N)C(C)(C)C)cnn1C. The maximum absolute atomic E-state index is 11.8. The molecule has 1 aromatic rings. The third-order valence-corrected chi connectivity index (χ3v) is 3.01. The van der Waals surface area contributed by atoms with Gasteiger partial charge < -0.3 is 11.1 Å². The normalized spacial score (nSPS) is 13.5. The predicted molar refractivity (Wildman–Crippen MR) is 67.2 cm³/mol. The van der Waals surface area contributed by atoms with E-state index in [2.05, 4.69) is 10.4 Å². The molecule has 0 aliphatic heterocycles. The van der Waals surface area contributed by atoms with Gasteiger partial charge in [0.15, 0.2) is 0 Å². The summed E-state index contributed by atoms with van der Waals surface area (Å²) < 4.78 is 1.78. The van der Waals surface area contributed by atoms with Gasteiger partial charge in [-0.1, -0.05) is 20.8 Å². The number of hydrogen-bond acceptors (Lipinski definition) is 3. The summed E-state index contributed by atoms with van der Waals surface area (Å²) >= 11 is 0. The smallest absolute Gasteiger partial charge is 0.237 e. The van der Waals surface area contributed by atoms with Crippen LogP contribution in [0.1, 0.15) is 32.0 Å². The summed E-state index contributed by atoms with van der Waals surface area (Å²) in [6, 6.07) is -0.500. The molecule has 3 N–H and O–H groups in total. The van der Waals surface area contributed by atoms with Gasteiger partial charge in [0, 0.05) is 24.8 Å². The first-order valence-electron chi connectivity index (χ1n) is 5.74. The highest BCUT2D eigenvalue weighted by molar-refractivity contribution is 5.82. The number of carbonyl (C=O) groups excluding carboxylic acids is 1. The third-order valence-electron chi connectivity index (χ3n) is 3.01. The Morgan fingerprint density at radius 1 is 1.59 bits per heavy atom. The molecule has 1 aromatic heterocycles. The summed E-state index contributed by atoms with van der Waals surface area (Å²) in [5, 5.41) is 6.96. The molecular weight excluding hydrogens is 216 g/mol. The molecule has 5 heteroatoms. The zero-order valence-corrected chi connectivity index (χ0v) is 11.2. The van der Waals surface area contributed by atoms with Gasteiger partial charge in [0.2, 0.25) is 5.91 Å². The zero-order chi connectivity index (χ0) is 13.2. The lowest BCUT2D eigenvalue weighted by atomic mass is 9.87. The molecule has 0 spiro atoms. The van der Waals surface area contributed by atoms with Crippen LogP contribution in [0.15, 0.2) is 6.20 Å². The van der Waals surface area contributed by atoms with Crippen molar-refractivity contribution in [3.05, 3.63) is 17.5 Å². The number of hydrogen-bond donors (Lipinski definition) is 2. The quantitative estimate of drug-likeness (QED) is 0.815. The van der Waals surface area contributed by atoms with E-state index in [1.54, 1.807) is 10.9 Å². The number of rotatable bonds is 3. The number of aromatic nitrogens is 2. The molecule has 0 unspecified atom stereocenters. The Kier molecular flexibility index (Phi) is 3.93. The molecule has 0 aliphatic rings. The third kappa shape index (κ3) is 3.30. The maximum Gasteiger partial charge on any atom is 0.237 e. The predicted octanol–water partition coefficient (Wildman–Crippen LogP) is 0.718. The number of nitrogens with two attached hydrogens (primary N) is 1. The highest BCUT2D eigenvalue weighted by Gasteiger charge is 2.27. The molecule has 0 aromatic carbocycles. The van der Waals surface area contributed by atoms with Crippen LogP contribution in [0.5, 0.6) is 0 Å². The standard InChI is InChI=1S/C12H22N4O/c1-8-9(7-15-16(8)5)6-14-11(17)10(13)12(2,3)4/h7,10H,6,13H2,1-5H3,(H,14,17)/t10-/m0/s1. The van der Waals surface area contributed by atoms with Crippen molar-refractivity contribution in [2.24, 2.45) is 18.2 Å². The zero-order valence-electron chi connectivity index (χ0n) is 11.2. The Morgan fingerprint density at radius 2 is 2.18 bits per heavy atom. The molecule has 1 rings (SSSR count). The van der Waals surface area contributed by atoms with Crippen molar-refractivity contribution in [2.75, 3.05) is 0 Å². The van der Waals surface area contributed by atoms with Gasteiger partial charge in [-0.2, -0.15) is 5.10 Å². The van der Waals surface area contributed by atoms with Crippen LogP contribution in [0, 0.1) is 12.3 Å². The molecule has 1 atom stereocenters. The highest BCUT2D eigenvalue weighted by Crippen LogP contribution is 2.17. The molecule has 17 heavy (non-hydrogen) atoms. The van der Waals surface area contributed by atoms with E-state index in [1.807, 2.05) is 34.7 Å². The van der Waals surface area contributed by atoms with Gasteiger partial charge >= 0.3 is 0 Å². The first-order valence-corrected chi connectivity index (χ1v) is 5.74. The minimum Gasteiger partial charge on any atom is -0.351 e. The van der Waals surface area contributed by atoms with Crippen LogP contribution in [0.2, 0.25) is 0 Å². The molecule has 0 fully saturated rings. The summed E-state index contributed by atoms with van der Waals surface area (Å²) in [6.07, 6.45) is 1.76. The van der Waals surface area contributed by atoms with Crippen LogP contribution in [0.25, 0.3) is 0 Å². The van der Waals surface area contributed by atoms with Crippen LogP contribution >= 0.6 is 0 Å². The average Bonchev–Trinajstić information content (AvgIpc) is 2.54. The summed E-state index contributed by atoms with van der Waals surface area (Å²) in [5.41, 5.74) is 7.71. The van der Waals surface area contributed by atoms with E-state index in [-0.39, 0.29) is 11.3 Å². The van der Waals surface area contributed by atoms with E-state index < -0.39 is 6.04 Å². The minimum atomic E-state index is -0.500. The topological polar surface area (TPSA) is 72.9 Å². The van der Waals surface area contributed by atoms with Crippen LogP contribution in [-0.2, 0) is 18.4 Å². The second kappa shape index (κ2) is 4.87. The van der Waals surface area contributed by atoms with Gasteiger partial charge in [-0.05, 0) is 12.3 Å². The van der Waals surface area contributed by atoms with Crippen molar-refractivity contribution in [3.63, 3.8) is 0 Å². The number of carbonyl (C=O) groups is 1. The van der Waals surface area contributed by atoms with Crippen LogP contribution in [-0.4, -0.2) is 21.7 Å². The number of nitrogens with one attached hydrogen (secondary N) is 1. The molecular formula is C12H22N4O. The van der Waals surface area contributed by atoms with Crippen molar-refractivity contribution < 1.29 is 4.79 Å². The van der Waals surface area contributed by atoms with Gasteiger partial charge in [0.05, 0.1) is 12.2 Å². The van der Waals surface area contributed by atoms with Crippen molar-refractivity contribution in [1.82, 2.24) is 15.1 Å². The Labute approximate surface area is 102 Å².